The topological polar surface area (TPSA) is 20.2 Å². The summed E-state index contributed by atoms with van der Waals surface area (Å²) in [6.07, 6.45) is 4.41. The minimum atomic E-state index is 0.337. The first-order valence-corrected chi connectivity index (χ1v) is 3.79. The van der Waals surface area contributed by atoms with E-state index < -0.39 is 0 Å². The maximum atomic E-state index is 8.49. The molecule has 1 N–H and O–H groups in total. The summed E-state index contributed by atoms with van der Waals surface area (Å²) in [6, 6.07) is 0. The monoisotopic (exact) mass is 129 g/mol. The molecule has 0 bridgehead atoms. The van der Waals surface area contributed by atoms with Gasteiger partial charge in [-0.05, 0) is 31.6 Å². The smallest absolute Gasteiger partial charge is 0.0431 e. The van der Waals surface area contributed by atoms with Crippen molar-refractivity contribution in [2.24, 2.45) is 0 Å². The van der Waals surface area contributed by atoms with E-state index in [1.807, 2.05) is 0 Å². The Labute approximate surface area is 58.1 Å². The molecule has 9 heavy (non-hydrogen) atoms. The highest BCUT2D eigenvalue weighted by Gasteiger charge is 2.01. The highest BCUT2D eigenvalue weighted by molar-refractivity contribution is 4.85. The standard InChI is InChI=1S/C8H17O/c1-3-8(4-2)6-5-7-9/h9H,3-7H2,1-2H3. The van der Waals surface area contributed by atoms with Crippen LogP contribution in [0.1, 0.15) is 39.5 Å². The molecule has 55 valence electrons. The first kappa shape index (κ1) is 8.96. The third-order valence-electron chi connectivity index (χ3n) is 1.69. The summed E-state index contributed by atoms with van der Waals surface area (Å²) in [6.45, 7) is 4.69. The molecule has 1 heteroatoms. The van der Waals surface area contributed by atoms with Gasteiger partial charge in [0, 0.05) is 6.61 Å². The Morgan fingerprint density at radius 1 is 1.22 bits per heavy atom. The molecule has 0 aliphatic rings. The molecule has 0 aromatic heterocycles. The lowest BCUT2D eigenvalue weighted by molar-refractivity contribution is 0.284. The minimum absolute atomic E-state index is 0.337. The quantitative estimate of drug-likeness (QED) is 0.603. The number of hydrogen-bond donors (Lipinski definition) is 1. The first-order chi connectivity index (χ1) is 4.35. The van der Waals surface area contributed by atoms with Crippen molar-refractivity contribution < 1.29 is 5.11 Å². The van der Waals surface area contributed by atoms with Crippen LogP contribution >= 0.6 is 0 Å². The van der Waals surface area contributed by atoms with Crippen molar-refractivity contribution in [1.82, 2.24) is 0 Å². The van der Waals surface area contributed by atoms with Crippen LogP contribution in [0.25, 0.3) is 0 Å². The fourth-order valence-corrected chi connectivity index (χ4v) is 0.933. The zero-order valence-electron chi connectivity index (χ0n) is 6.48. The van der Waals surface area contributed by atoms with Crippen LogP contribution < -0.4 is 0 Å². The second-order valence-electron chi connectivity index (χ2n) is 2.28. The van der Waals surface area contributed by atoms with Gasteiger partial charge in [-0.1, -0.05) is 13.8 Å². The molecule has 0 spiro atoms. The van der Waals surface area contributed by atoms with Crippen LogP contribution in [0.2, 0.25) is 0 Å². The van der Waals surface area contributed by atoms with Crippen molar-refractivity contribution >= 4 is 0 Å². The van der Waals surface area contributed by atoms with Crippen LogP contribution in [0.5, 0.6) is 0 Å². The predicted molar refractivity (Wildman–Crippen MR) is 40.1 cm³/mol. The van der Waals surface area contributed by atoms with Gasteiger partial charge in [-0.3, -0.25) is 0 Å². The maximum absolute atomic E-state index is 8.49. The van der Waals surface area contributed by atoms with Crippen molar-refractivity contribution in [2.75, 3.05) is 6.61 Å². The Balaban J connectivity index is 3.09. The molecule has 0 rings (SSSR count). The summed E-state index contributed by atoms with van der Waals surface area (Å²) in [4.78, 5) is 0. The Kier molecular flexibility index (Phi) is 6.06. The summed E-state index contributed by atoms with van der Waals surface area (Å²) in [7, 11) is 0. The first-order valence-electron chi connectivity index (χ1n) is 3.79. The Morgan fingerprint density at radius 2 is 1.78 bits per heavy atom. The summed E-state index contributed by atoms with van der Waals surface area (Å²) < 4.78 is 0. The van der Waals surface area contributed by atoms with Crippen LogP contribution in [0.15, 0.2) is 0 Å². The average Bonchev–Trinajstić information content (AvgIpc) is 1.91. The van der Waals surface area contributed by atoms with Gasteiger partial charge in [0.25, 0.3) is 0 Å². The van der Waals surface area contributed by atoms with Gasteiger partial charge in [0.05, 0.1) is 0 Å². The van der Waals surface area contributed by atoms with Crippen LogP contribution in [-0.2, 0) is 0 Å². The average molecular weight is 129 g/mol. The summed E-state index contributed by atoms with van der Waals surface area (Å²) in [5.41, 5.74) is 0. The van der Waals surface area contributed by atoms with Gasteiger partial charge >= 0.3 is 0 Å². The van der Waals surface area contributed by atoms with Gasteiger partial charge in [0.15, 0.2) is 0 Å². The zero-order valence-corrected chi connectivity index (χ0v) is 6.48. The van der Waals surface area contributed by atoms with E-state index in [1.165, 1.54) is 12.8 Å². The lowest BCUT2D eigenvalue weighted by atomic mass is 9.98. The van der Waals surface area contributed by atoms with Gasteiger partial charge in [0.2, 0.25) is 0 Å². The van der Waals surface area contributed by atoms with Gasteiger partial charge in [-0.2, -0.15) is 0 Å². The van der Waals surface area contributed by atoms with Crippen LogP contribution in [0, 0.1) is 5.92 Å². The van der Waals surface area contributed by atoms with E-state index in [0.717, 1.165) is 12.8 Å². The second-order valence-corrected chi connectivity index (χ2v) is 2.28. The number of aliphatic hydroxyl groups excluding tert-OH is 1. The summed E-state index contributed by atoms with van der Waals surface area (Å²) in [5, 5.41) is 8.49. The zero-order chi connectivity index (χ0) is 7.11. The normalized spacial score (nSPS) is 10.7. The molecular weight excluding hydrogens is 112 g/mol. The van der Waals surface area contributed by atoms with Crippen molar-refractivity contribution in [1.29, 1.82) is 0 Å². The summed E-state index contributed by atoms with van der Waals surface area (Å²) >= 11 is 0. The van der Waals surface area contributed by atoms with Gasteiger partial charge < -0.3 is 5.11 Å². The number of hydrogen-bond acceptors (Lipinski definition) is 1. The van der Waals surface area contributed by atoms with Gasteiger partial charge in [0.1, 0.15) is 0 Å². The molecule has 0 aliphatic heterocycles. The third-order valence-corrected chi connectivity index (χ3v) is 1.69. The minimum Gasteiger partial charge on any atom is -0.396 e. The highest BCUT2D eigenvalue weighted by Crippen LogP contribution is 2.16. The molecule has 0 saturated heterocycles. The molecule has 0 heterocycles. The summed E-state index contributed by atoms with van der Waals surface area (Å²) in [5.74, 6) is 1.57. The van der Waals surface area contributed by atoms with E-state index in [-0.39, 0.29) is 0 Å². The Morgan fingerprint density at radius 3 is 2.11 bits per heavy atom. The van der Waals surface area contributed by atoms with Crippen molar-refractivity contribution in [2.45, 2.75) is 39.5 Å². The molecule has 0 aromatic carbocycles. The molecule has 0 atom stereocenters. The fourth-order valence-electron chi connectivity index (χ4n) is 0.933. The number of rotatable bonds is 5. The lowest BCUT2D eigenvalue weighted by Gasteiger charge is -2.08. The SMILES string of the molecule is CC[C](CC)CCCO. The molecule has 1 nitrogen and oxygen atoms in total. The van der Waals surface area contributed by atoms with E-state index in [4.69, 9.17) is 5.11 Å². The van der Waals surface area contributed by atoms with Crippen LogP contribution in [0.4, 0.5) is 0 Å². The Bertz CT molecular complexity index is 48.5. The van der Waals surface area contributed by atoms with Crippen molar-refractivity contribution in [3.05, 3.63) is 5.92 Å². The molecule has 0 fully saturated rings. The molecule has 0 aliphatic carbocycles. The maximum Gasteiger partial charge on any atom is 0.0431 e. The third kappa shape index (κ3) is 4.46. The predicted octanol–water partition coefficient (Wildman–Crippen LogP) is 2.15. The van der Waals surface area contributed by atoms with Crippen LogP contribution in [0.3, 0.4) is 0 Å². The van der Waals surface area contributed by atoms with E-state index in [0.29, 0.717) is 6.61 Å². The van der Waals surface area contributed by atoms with Gasteiger partial charge in [-0.25, -0.2) is 0 Å². The molecule has 0 amide bonds. The van der Waals surface area contributed by atoms with Crippen molar-refractivity contribution in [3.63, 3.8) is 0 Å². The Hall–Kier alpha value is -0.0400. The largest absolute Gasteiger partial charge is 0.396 e. The van der Waals surface area contributed by atoms with E-state index in [9.17, 15) is 0 Å². The number of aliphatic hydroxyl groups is 1. The van der Waals surface area contributed by atoms with Crippen LogP contribution in [-0.4, -0.2) is 11.7 Å². The molecule has 0 aromatic rings. The highest BCUT2D eigenvalue weighted by atomic mass is 16.2. The van der Waals surface area contributed by atoms with E-state index in [2.05, 4.69) is 13.8 Å². The lowest BCUT2D eigenvalue weighted by Crippen LogP contribution is -1.95. The molecule has 1 radical (unpaired) electrons. The molecular formula is C8H17O. The molecule has 0 saturated carbocycles. The van der Waals surface area contributed by atoms with E-state index in [1.54, 1.807) is 5.92 Å². The van der Waals surface area contributed by atoms with Gasteiger partial charge in [-0.15, -0.1) is 0 Å². The van der Waals surface area contributed by atoms with E-state index >= 15 is 0 Å². The van der Waals surface area contributed by atoms with Crippen molar-refractivity contribution in [3.8, 4) is 0 Å². The fraction of sp³-hybridized carbons (Fsp3) is 0.875. The molecule has 0 unspecified atom stereocenters. The second kappa shape index (κ2) is 6.09.